The van der Waals surface area contributed by atoms with Gasteiger partial charge in [-0.1, -0.05) is 24.3 Å². The maximum absolute atomic E-state index is 8.88. The highest BCUT2D eigenvalue weighted by molar-refractivity contribution is 5.42. The van der Waals surface area contributed by atoms with E-state index in [1.54, 1.807) is 0 Å². The van der Waals surface area contributed by atoms with Gasteiger partial charge in [-0.05, 0) is 17.7 Å². The number of benzene rings is 1. The normalized spacial score (nSPS) is 25.5. The number of nitrogen functional groups attached to an aromatic ring is 1. The van der Waals surface area contributed by atoms with Gasteiger partial charge in [0, 0.05) is 5.69 Å². The number of ether oxygens (including phenoxy) is 1. The molecule has 0 spiro atoms. The fourth-order valence-electron chi connectivity index (χ4n) is 1.53. The first kappa shape index (κ1) is 9.24. The lowest BCUT2D eigenvalue weighted by Crippen LogP contribution is -2.11. The van der Waals surface area contributed by atoms with Gasteiger partial charge in [0.25, 0.3) is 0 Å². The van der Waals surface area contributed by atoms with Crippen molar-refractivity contribution in [3.8, 4) is 0 Å². The molecule has 0 aliphatic carbocycles. The fraction of sp³-hybridized carbons (Fsp3) is 0.273. The Morgan fingerprint density at radius 2 is 2.21 bits per heavy atom. The van der Waals surface area contributed by atoms with Gasteiger partial charge in [0.15, 0.2) is 0 Å². The van der Waals surface area contributed by atoms with Gasteiger partial charge in [0.2, 0.25) is 0 Å². The van der Waals surface area contributed by atoms with Crippen molar-refractivity contribution in [1.82, 2.24) is 0 Å². The van der Waals surface area contributed by atoms with Gasteiger partial charge in [0.1, 0.15) is 6.10 Å². The zero-order valence-corrected chi connectivity index (χ0v) is 7.76. The van der Waals surface area contributed by atoms with Gasteiger partial charge in [-0.15, -0.1) is 0 Å². The number of anilines is 1. The molecule has 3 heteroatoms. The zero-order valence-electron chi connectivity index (χ0n) is 7.76. The van der Waals surface area contributed by atoms with Gasteiger partial charge in [-0.2, -0.15) is 0 Å². The van der Waals surface area contributed by atoms with Crippen molar-refractivity contribution >= 4 is 5.69 Å². The molecule has 0 saturated heterocycles. The van der Waals surface area contributed by atoms with Crippen LogP contribution in [0.25, 0.3) is 0 Å². The monoisotopic (exact) mass is 191 g/mol. The molecular formula is C11H13NO2. The molecule has 2 unspecified atom stereocenters. The zero-order chi connectivity index (χ0) is 9.97. The van der Waals surface area contributed by atoms with Gasteiger partial charge in [-0.25, -0.2) is 0 Å². The average molecular weight is 191 g/mol. The number of aliphatic hydroxyl groups is 1. The van der Waals surface area contributed by atoms with E-state index < -0.39 is 0 Å². The third-order valence-corrected chi connectivity index (χ3v) is 2.24. The molecule has 1 aliphatic heterocycles. The average Bonchev–Trinajstić information content (AvgIpc) is 2.66. The summed E-state index contributed by atoms with van der Waals surface area (Å²) in [6.07, 6.45) is 3.56. The summed E-state index contributed by atoms with van der Waals surface area (Å²) in [5.74, 6) is 0. The molecule has 0 bridgehead atoms. The highest BCUT2D eigenvalue weighted by atomic mass is 16.5. The molecule has 0 amide bonds. The molecule has 74 valence electrons. The molecule has 0 fully saturated rings. The van der Waals surface area contributed by atoms with Gasteiger partial charge >= 0.3 is 0 Å². The van der Waals surface area contributed by atoms with E-state index in [0.29, 0.717) is 0 Å². The lowest BCUT2D eigenvalue weighted by atomic mass is 10.1. The number of hydrogen-bond donors (Lipinski definition) is 2. The molecule has 3 nitrogen and oxygen atoms in total. The minimum atomic E-state index is -0.179. The van der Waals surface area contributed by atoms with Crippen molar-refractivity contribution in [2.75, 3.05) is 12.3 Å². The summed E-state index contributed by atoms with van der Waals surface area (Å²) in [4.78, 5) is 0. The summed E-state index contributed by atoms with van der Waals surface area (Å²) >= 11 is 0. The van der Waals surface area contributed by atoms with Crippen LogP contribution in [0.1, 0.15) is 11.7 Å². The SMILES string of the molecule is Nc1cccc(C2C=CC(CO)O2)c1. The predicted molar refractivity (Wildman–Crippen MR) is 54.7 cm³/mol. The van der Waals surface area contributed by atoms with Crippen LogP contribution in [0.4, 0.5) is 5.69 Å². The Bertz CT molecular complexity index is 349. The van der Waals surface area contributed by atoms with Crippen LogP contribution >= 0.6 is 0 Å². The Hall–Kier alpha value is -1.32. The molecule has 2 atom stereocenters. The van der Waals surface area contributed by atoms with Crippen molar-refractivity contribution in [2.24, 2.45) is 0 Å². The topological polar surface area (TPSA) is 55.5 Å². The Kier molecular flexibility index (Phi) is 2.52. The Morgan fingerprint density at radius 1 is 1.36 bits per heavy atom. The second kappa shape index (κ2) is 3.82. The molecule has 1 aromatic rings. The largest absolute Gasteiger partial charge is 0.399 e. The van der Waals surface area contributed by atoms with Crippen molar-refractivity contribution < 1.29 is 9.84 Å². The lowest BCUT2D eigenvalue weighted by Gasteiger charge is -2.12. The van der Waals surface area contributed by atoms with Crippen LogP contribution in [0.2, 0.25) is 0 Å². The first-order valence-electron chi connectivity index (χ1n) is 4.59. The Labute approximate surface area is 82.8 Å². The Morgan fingerprint density at radius 3 is 2.86 bits per heavy atom. The third kappa shape index (κ3) is 1.78. The number of nitrogens with two attached hydrogens (primary N) is 1. The highest BCUT2D eigenvalue weighted by Crippen LogP contribution is 2.27. The van der Waals surface area contributed by atoms with E-state index in [1.165, 1.54) is 0 Å². The summed E-state index contributed by atoms with van der Waals surface area (Å²) < 4.78 is 5.53. The van der Waals surface area contributed by atoms with E-state index in [0.717, 1.165) is 11.3 Å². The van der Waals surface area contributed by atoms with Crippen LogP contribution in [0.3, 0.4) is 0 Å². The summed E-state index contributed by atoms with van der Waals surface area (Å²) in [5.41, 5.74) is 7.42. The third-order valence-electron chi connectivity index (χ3n) is 2.24. The number of rotatable bonds is 2. The van der Waals surface area contributed by atoms with Crippen LogP contribution in [-0.2, 0) is 4.74 Å². The van der Waals surface area contributed by atoms with E-state index in [9.17, 15) is 0 Å². The van der Waals surface area contributed by atoms with Gasteiger partial charge in [0.05, 0.1) is 12.7 Å². The molecule has 14 heavy (non-hydrogen) atoms. The maximum atomic E-state index is 8.88. The maximum Gasteiger partial charge on any atom is 0.102 e. The highest BCUT2D eigenvalue weighted by Gasteiger charge is 2.19. The minimum Gasteiger partial charge on any atom is -0.399 e. The summed E-state index contributed by atoms with van der Waals surface area (Å²) in [7, 11) is 0. The van der Waals surface area contributed by atoms with Crippen molar-refractivity contribution in [2.45, 2.75) is 12.2 Å². The van der Waals surface area contributed by atoms with E-state index in [-0.39, 0.29) is 18.8 Å². The second-order valence-corrected chi connectivity index (χ2v) is 3.33. The molecule has 3 N–H and O–H groups in total. The van der Waals surface area contributed by atoms with Crippen LogP contribution in [0.5, 0.6) is 0 Å². The number of hydrogen-bond acceptors (Lipinski definition) is 3. The molecule has 1 aromatic carbocycles. The molecule has 0 aromatic heterocycles. The van der Waals surface area contributed by atoms with Crippen LogP contribution in [0, 0.1) is 0 Å². The van der Waals surface area contributed by atoms with Crippen LogP contribution < -0.4 is 5.73 Å². The first-order valence-corrected chi connectivity index (χ1v) is 4.59. The van der Waals surface area contributed by atoms with E-state index >= 15 is 0 Å². The smallest absolute Gasteiger partial charge is 0.102 e. The minimum absolute atomic E-state index is 0.0231. The quantitative estimate of drug-likeness (QED) is 0.546. The summed E-state index contributed by atoms with van der Waals surface area (Å²) in [5, 5.41) is 8.88. The van der Waals surface area contributed by atoms with E-state index in [4.69, 9.17) is 15.6 Å². The van der Waals surface area contributed by atoms with Gasteiger partial charge in [-0.3, -0.25) is 0 Å². The summed E-state index contributed by atoms with van der Waals surface area (Å²) in [6, 6.07) is 7.58. The molecule has 2 rings (SSSR count). The first-order chi connectivity index (χ1) is 6.79. The van der Waals surface area contributed by atoms with Crippen molar-refractivity contribution in [3.63, 3.8) is 0 Å². The lowest BCUT2D eigenvalue weighted by molar-refractivity contribution is 0.0252. The van der Waals surface area contributed by atoms with Crippen molar-refractivity contribution in [3.05, 3.63) is 42.0 Å². The van der Waals surface area contributed by atoms with Crippen molar-refractivity contribution in [1.29, 1.82) is 0 Å². The molecular weight excluding hydrogens is 178 g/mol. The predicted octanol–water partition coefficient (Wildman–Crippen LogP) is 1.26. The van der Waals surface area contributed by atoms with E-state index in [2.05, 4.69) is 0 Å². The number of aliphatic hydroxyl groups excluding tert-OH is 1. The molecule has 0 saturated carbocycles. The van der Waals surface area contributed by atoms with E-state index in [1.807, 2.05) is 36.4 Å². The van der Waals surface area contributed by atoms with Crippen LogP contribution in [0.15, 0.2) is 36.4 Å². The fourth-order valence-corrected chi connectivity index (χ4v) is 1.53. The van der Waals surface area contributed by atoms with Crippen LogP contribution in [-0.4, -0.2) is 17.8 Å². The standard InChI is InChI=1S/C11H13NO2/c12-9-3-1-2-8(6-9)11-5-4-10(7-13)14-11/h1-6,10-11,13H,7,12H2. The second-order valence-electron chi connectivity index (χ2n) is 3.33. The van der Waals surface area contributed by atoms with Gasteiger partial charge < -0.3 is 15.6 Å². The molecule has 0 radical (unpaired) electrons. The Balaban J connectivity index is 2.14. The molecule has 1 aliphatic rings. The molecule has 1 heterocycles. The summed E-state index contributed by atoms with van der Waals surface area (Å²) in [6.45, 7) is 0.0231.